The Bertz CT molecular complexity index is 447. The van der Waals surface area contributed by atoms with Gasteiger partial charge in [0, 0.05) is 6.54 Å². The molecule has 2 rings (SSSR count). The van der Waals surface area contributed by atoms with E-state index in [-0.39, 0.29) is 5.92 Å². The highest BCUT2D eigenvalue weighted by Crippen LogP contribution is 2.30. The van der Waals surface area contributed by atoms with E-state index in [9.17, 15) is 4.79 Å². The van der Waals surface area contributed by atoms with Gasteiger partial charge in [0.05, 0.1) is 5.92 Å². The van der Waals surface area contributed by atoms with Crippen molar-refractivity contribution in [1.29, 1.82) is 0 Å². The SMILES string of the molecule is CC(CNCCc1ccc2c(c1)OCCO2)C(=O)O. The second-order valence-corrected chi connectivity index (χ2v) is 4.67. The third-order valence-corrected chi connectivity index (χ3v) is 3.07. The molecule has 0 aliphatic carbocycles. The molecule has 104 valence electrons. The van der Waals surface area contributed by atoms with Crippen molar-refractivity contribution >= 4 is 5.97 Å². The first-order valence-corrected chi connectivity index (χ1v) is 6.49. The summed E-state index contributed by atoms with van der Waals surface area (Å²) in [6, 6.07) is 5.91. The van der Waals surface area contributed by atoms with E-state index in [4.69, 9.17) is 14.6 Å². The first-order chi connectivity index (χ1) is 9.16. The van der Waals surface area contributed by atoms with Gasteiger partial charge in [-0.05, 0) is 30.7 Å². The quantitative estimate of drug-likeness (QED) is 0.759. The third kappa shape index (κ3) is 3.86. The molecule has 0 bridgehead atoms. The van der Waals surface area contributed by atoms with E-state index >= 15 is 0 Å². The van der Waals surface area contributed by atoms with E-state index in [1.807, 2.05) is 18.2 Å². The van der Waals surface area contributed by atoms with Gasteiger partial charge in [0.15, 0.2) is 11.5 Å². The van der Waals surface area contributed by atoms with E-state index in [0.717, 1.165) is 30.0 Å². The average Bonchev–Trinajstić information content (AvgIpc) is 2.43. The summed E-state index contributed by atoms with van der Waals surface area (Å²) in [6.45, 7) is 4.11. The van der Waals surface area contributed by atoms with Gasteiger partial charge in [-0.2, -0.15) is 0 Å². The number of hydrogen-bond acceptors (Lipinski definition) is 4. The van der Waals surface area contributed by atoms with E-state index < -0.39 is 5.97 Å². The number of aliphatic carboxylic acids is 1. The first kappa shape index (κ1) is 13.7. The molecular weight excluding hydrogens is 246 g/mol. The van der Waals surface area contributed by atoms with Crippen LogP contribution in [-0.4, -0.2) is 37.4 Å². The minimum Gasteiger partial charge on any atom is -0.486 e. The number of rotatable bonds is 6. The summed E-state index contributed by atoms with van der Waals surface area (Å²) in [5.41, 5.74) is 1.15. The summed E-state index contributed by atoms with van der Waals surface area (Å²) in [6.07, 6.45) is 0.836. The second kappa shape index (κ2) is 6.43. The van der Waals surface area contributed by atoms with Gasteiger partial charge in [-0.3, -0.25) is 4.79 Å². The van der Waals surface area contributed by atoms with E-state index in [2.05, 4.69) is 5.32 Å². The largest absolute Gasteiger partial charge is 0.486 e. The summed E-state index contributed by atoms with van der Waals surface area (Å²) in [5.74, 6) is 0.456. The predicted octanol–water partition coefficient (Wildman–Crippen LogP) is 1.31. The molecule has 1 aliphatic heterocycles. The second-order valence-electron chi connectivity index (χ2n) is 4.67. The molecule has 1 unspecified atom stereocenters. The number of carbonyl (C=O) groups is 1. The van der Waals surface area contributed by atoms with Crippen molar-refractivity contribution < 1.29 is 19.4 Å². The fraction of sp³-hybridized carbons (Fsp3) is 0.500. The van der Waals surface area contributed by atoms with Crippen molar-refractivity contribution in [2.75, 3.05) is 26.3 Å². The van der Waals surface area contributed by atoms with Crippen LogP contribution in [0.1, 0.15) is 12.5 Å². The Balaban J connectivity index is 1.78. The van der Waals surface area contributed by atoms with Gasteiger partial charge in [0.2, 0.25) is 0 Å². The zero-order valence-corrected chi connectivity index (χ0v) is 11.0. The minimum atomic E-state index is -0.771. The highest BCUT2D eigenvalue weighted by atomic mass is 16.6. The normalized spacial score (nSPS) is 15.0. The number of carboxylic acid groups (broad SMARTS) is 1. The van der Waals surface area contributed by atoms with Gasteiger partial charge in [-0.1, -0.05) is 13.0 Å². The van der Waals surface area contributed by atoms with Crippen molar-refractivity contribution in [2.24, 2.45) is 5.92 Å². The van der Waals surface area contributed by atoms with Gasteiger partial charge in [-0.15, -0.1) is 0 Å². The summed E-state index contributed by atoms with van der Waals surface area (Å²) in [5, 5.41) is 11.9. The summed E-state index contributed by atoms with van der Waals surface area (Å²) < 4.78 is 11.0. The molecule has 0 amide bonds. The molecule has 5 heteroatoms. The van der Waals surface area contributed by atoms with Crippen LogP contribution in [0.3, 0.4) is 0 Å². The van der Waals surface area contributed by atoms with Crippen LogP contribution in [0, 0.1) is 5.92 Å². The van der Waals surface area contributed by atoms with Crippen LogP contribution in [0.4, 0.5) is 0 Å². The monoisotopic (exact) mass is 265 g/mol. The molecule has 2 N–H and O–H groups in total. The molecule has 1 heterocycles. The first-order valence-electron chi connectivity index (χ1n) is 6.49. The Morgan fingerprint density at radius 3 is 2.84 bits per heavy atom. The standard InChI is InChI=1S/C14H19NO4/c1-10(14(16)17)9-15-5-4-11-2-3-12-13(8-11)19-7-6-18-12/h2-3,8,10,15H,4-7,9H2,1H3,(H,16,17). The van der Waals surface area contributed by atoms with Gasteiger partial charge >= 0.3 is 5.97 Å². The van der Waals surface area contributed by atoms with Crippen molar-refractivity contribution in [3.8, 4) is 11.5 Å². The number of ether oxygens (including phenoxy) is 2. The Morgan fingerprint density at radius 2 is 2.11 bits per heavy atom. The molecule has 0 aromatic heterocycles. The Morgan fingerprint density at radius 1 is 1.37 bits per heavy atom. The van der Waals surface area contributed by atoms with Crippen LogP contribution in [0.2, 0.25) is 0 Å². The number of hydrogen-bond donors (Lipinski definition) is 2. The molecule has 0 saturated heterocycles. The molecule has 5 nitrogen and oxygen atoms in total. The lowest BCUT2D eigenvalue weighted by Crippen LogP contribution is -2.27. The molecular formula is C14H19NO4. The Kier molecular flexibility index (Phi) is 4.63. The third-order valence-electron chi connectivity index (χ3n) is 3.07. The summed E-state index contributed by atoms with van der Waals surface area (Å²) in [7, 11) is 0. The van der Waals surface area contributed by atoms with Crippen LogP contribution < -0.4 is 14.8 Å². The highest BCUT2D eigenvalue weighted by molar-refractivity contribution is 5.69. The molecule has 1 aromatic carbocycles. The van der Waals surface area contributed by atoms with Crippen LogP contribution in [0.15, 0.2) is 18.2 Å². The molecule has 0 radical (unpaired) electrons. The Hall–Kier alpha value is -1.75. The number of benzene rings is 1. The zero-order valence-electron chi connectivity index (χ0n) is 11.0. The van der Waals surface area contributed by atoms with Gasteiger partial charge < -0.3 is 19.9 Å². The summed E-state index contributed by atoms with van der Waals surface area (Å²) in [4.78, 5) is 10.7. The summed E-state index contributed by atoms with van der Waals surface area (Å²) >= 11 is 0. The van der Waals surface area contributed by atoms with Gasteiger partial charge in [0.1, 0.15) is 13.2 Å². The number of fused-ring (bicyclic) bond motifs is 1. The van der Waals surface area contributed by atoms with Gasteiger partial charge in [0.25, 0.3) is 0 Å². The van der Waals surface area contributed by atoms with Crippen LogP contribution in [0.25, 0.3) is 0 Å². The van der Waals surface area contributed by atoms with E-state index in [0.29, 0.717) is 19.8 Å². The number of carboxylic acids is 1. The fourth-order valence-corrected chi connectivity index (χ4v) is 1.88. The highest BCUT2D eigenvalue weighted by Gasteiger charge is 2.12. The Labute approximate surface area is 112 Å². The van der Waals surface area contributed by atoms with Gasteiger partial charge in [-0.25, -0.2) is 0 Å². The zero-order chi connectivity index (χ0) is 13.7. The minimum absolute atomic E-state index is 0.361. The molecule has 19 heavy (non-hydrogen) atoms. The topological polar surface area (TPSA) is 67.8 Å². The van der Waals surface area contributed by atoms with Crippen LogP contribution in [-0.2, 0) is 11.2 Å². The molecule has 0 saturated carbocycles. The molecule has 1 atom stereocenters. The van der Waals surface area contributed by atoms with Crippen molar-refractivity contribution in [3.05, 3.63) is 23.8 Å². The fourth-order valence-electron chi connectivity index (χ4n) is 1.88. The molecule has 1 aromatic rings. The molecule has 0 fully saturated rings. The van der Waals surface area contributed by atoms with Crippen molar-refractivity contribution in [1.82, 2.24) is 5.32 Å². The maximum atomic E-state index is 10.7. The molecule has 0 spiro atoms. The van der Waals surface area contributed by atoms with Crippen LogP contribution >= 0.6 is 0 Å². The maximum absolute atomic E-state index is 10.7. The van der Waals surface area contributed by atoms with Crippen molar-refractivity contribution in [2.45, 2.75) is 13.3 Å². The number of nitrogens with one attached hydrogen (secondary N) is 1. The average molecular weight is 265 g/mol. The lowest BCUT2D eigenvalue weighted by Gasteiger charge is -2.19. The van der Waals surface area contributed by atoms with E-state index in [1.165, 1.54) is 0 Å². The van der Waals surface area contributed by atoms with Crippen molar-refractivity contribution in [3.63, 3.8) is 0 Å². The lowest BCUT2D eigenvalue weighted by molar-refractivity contribution is -0.140. The lowest BCUT2D eigenvalue weighted by atomic mass is 10.1. The maximum Gasteiger partial charge on any atom is 0.307 e. The van der Waals surface area contributed by atoms with Crippen LogP contribution in [0.5, 0.6) is 11.5 Å². The smallest absolute Gasteiger partial charge is 0.307 e. The predicted molar refractivity (Wildman–Crippen MR) is 70.8 cm³/mol. The van der Waals surface area contributed by atoms with E-state index in [1.54, 1.807) is 6.92 Å². The molecule has 1 aliphatic rings.